The maximum absolute atomic E-state index is 5.48. The van der Waals surface area contributed by atoms with Gasteiger partial charge >= 0.3 is 0 Å². The highest BCUT2D eigenvalue weighted by molar-refractivity contribution is 7.11. The fraction of sp³-hybridized carbons (Fsp3) is 0.786. The molecule has 0 atom stereocenters. The third kappa shape index (κ3) is 2.60. The maximum Gasteiger partial charge on any atom is 0.113 e. The Morgan fingerprint density at radius 3 is 2.50 bits per heavy atom. The highest BCUT2D eigenvalue weighted by atomic mass is 32.1. The van der Waals surface area contributed by atoms with Crippen LogP contribution in [-0.2, 0) is 10.3 Å². The van der Waals surface area contributed by atoms with Crippen LogP contribution in [-0.4, -0.2) is 24.7 Å². The zero-order valence-corrected chi connectivity index (χ0v) is 12.7. The summed E-state index contributed by atoms with van der Waals surface area (Å²) in [7, 11) is 1.82. The number of thiazole rings is 1. The quantitative estimate of drug-likeness (QED) is 0.911. The van der Waals surface area contributed by atoms with Crippen molar-refractivity contribution >= 4 is 11.3 Å². The molecule has 1 aliphatic carbocycles. The molecule has 1 aromatic heterocycles. The van der Waals surface area contributed by atoms with Crippen molar-refractivity contribution in [3.05, 3.63) is 15.6 Å². The number of nitrogens with zero attached hydrogens (tertiary/aromatic N) is 1. The van der Waals surface area contributed by atoms with Gasteiger partial charge in [-0.25, -0.2) is 4.98 Å². The fourth-order valence-corrected chi connectivity index (χ4v) is 3.94. The number of hydrogen-bond donors (Lipinski definition) is 1. The van der Waals surface area contributed by atoms with Crippen LogP contribution in [0.4, 0.5) is 0 Å². The number of rotatable bonds is 4. The van der Waals surface area contributed by atoms with Gasteiger partial charge in [-0.05, 0) is 46.1 Å². The molecule has 0 aromatic carbocycles. The van der Waals surface area contributed by atoms with E-state index in [0.717, 1.165) is 32.2 Å². The summed E-state index contributed by atoms with van der Waals surface area (Å²) in [4.78, 5) is 6.13. The smallest absolute Gasteiger partial charge is 0.113 e. The van der Waals surface area contributed by atoms with Gasteiger partial charge in [0.25, 0.3) is 0 Å². The van der Waals surface area contributed by atoms with Crippen molar-refractivity contribution in [2.75, 3.05) is 13.7 Å². The monoisotopic (exact) mass is 268 g/mol. The molecule has 1 saturated carbocycles. The van der Waals surface area contributed by atoms with Gasteiger partial charge in [0.15, 0.2) is 0 Å². The first-order valence-electron chi connectivity index (χ1n) is 6.83. The van der Waals surface area contributed by atoms with Crippen molar-refractivity contribution in [1.82, 2.24) is 10.3 Å². The summed E-state index contributed by atoms with van der Waals surface area (Å²) in [5, 5.41) is 4.96. The molecule has 1 N–H and O–H groups in total. The molecular weight excluding hydrogens is 244 g/mol. The Morgan fingerprint density at radius 2 is 2.06 bits per heavy atom. The van der Waals surface area contributed by atoms with Crippen LogP contribution < -0.4 is 5.32 Å². The molecule has 1 aromatic rings. The molecule has 1 heterocycles. The first kappa shape index (κ1) is 14.0. The molecule has 0 bridgehead atoms. The molecule has 102 valence electrons. The van der Waals surface area contributed by atoms with Crippen molar-refractivity contribution in [2.24, 2.45) is 0 Å². The normalized spacial score (nSPS) is 28.6. The Hall–Kier alpha value is -0.450. The maximum atomic E-state index is 5.48. The standard InChI is InChI=1S/C14H24N2OS/c1-5-15-14(8-6-12(17-4)7-9-14)13-16-10(2)11(3)18-13/h12,15H,5-9H2,1-4H3. The van der Waals surface area contributed by atoms with Crippen LogP contribution in [0, 0.1) is 13.8 Å². The van der Waals surface area contributed by atoms with E-state index in [4.69, 9.17) is 9.72 Å². The summed E-state index contributed by atoms with van der Waals surface area (Å²) in [5.74, 6) is 0. The van der Waals surface area contributed by atoms with E-state index in [2.05, 4.69) is 26.1 Å². The van der Waals surface area contributed by atoms with E-state index in [9.17, 15) is 0 Å². The lowest BCUT2D eigenvalue weighted by molar-refractivity contribution is 0.0407. The number of ether oxygens (including phenoxy) is 1. The Balaban J connectivity index is 2.22. The summed E-state index contributed by atoms with van der Waals surface area (Å²) in [6.07, 6.45) is 4.94. The average Bonchev–Trinajstić information content (AvgIpc) is 2.71. The zero-order chi connectivity index (χ0) is 13.2. The molecule has 4 heteroatoms. The molecule has 0 amide bonds. The SMILES string of the molecule is CCNC1(c2nc(C)c(C)s2)CCC(OC)CC1. The molecular formula is C14H24N2OS. The number of aromatic nitrogens is 1. The van der Waals surface area contributed by atoms with Crippen molar-refractivity contribution in [1.29, 1.82) is 0 Å². The van der Waals surface area contributed by atoms with E-state index in [1.807, 2.05) is 18.4 Å². The predicted octanol–water partition coefficient (Wildman–Crippen LogP) is 3.15. The van der Waals surface area contributed by atoms with Crippen molar-refractivity contribution < 1.29 is 4.74 Å². The average molecular weight is 268 g/mol. The van der Waals surface area contributed by atoms with Crippen LogP contribution in [0.5, 0.6) is 0 Å². The highest BCUT2D eigenvalue weighted by Gasteiger charge is 2.38. The third-order valence-electron chi connectivity index (χ3n) is 4.07. The molecule has 1 aliphatic rings. The largest absolute Gasteiger partial charge is 0.381 e. The van der Waals surface area contributed by atoms with Gasteiger partial charge < -0.3 is 10.1 Å². The van der Waals surface area contributed by atoms with Crippen molar-refractivity contribution in [2.45, 2.75) is 58.1 Å². The minimum Gasteiger partial charge on any atom is -0.381 e. The second kappa shape index (κ2) is 5.68. The minimum atomic E-state index is 0.0907. The summed E-state index contributed by atoms with van der Waals surface area (Å²) in [6, 6.07) is 0. The lowest BCUT2D eigenvalue weighted by Gasteiger charge is -2.39. The molecule has 2 rings (SSSR count). The number of aryl methyl sites for hydroxylation is 2. The Morgan fingerprint density at radius 1 is 1.39 bits per heavy atom. The fourth-order valence-electron chi connectivity index (χ4n) is 2.80. The molecule has 0 radical (unpaired) electrons. The van der Waals surface area contributed by atoms with Gasteiger partial charge in [0.05, 0.1) is 17.3 Å². The summed E-state index contributed by atoms with van der Waals surface area (Å²) in [5.41, 5.74) is 1.27. The topological polar surface area (TPSA) is 34.2 Å². The molecule has 0 unspecified atom stereocenters. The third-order valence-corrected chi connectivity index (χ3v) is 5.35. The van der Waals surface area contributed by atoms with E-state index >= 15 is 0 Å². The van der Waals surface area contributed by atoms with Crippen LogP contribution in [0.25, 0.3) is 0 Å². The summed E-state index contributed by atoms with van der Waals surface area (Å²) < 4.78 is 5.48. The Bertz CT molecular complexity index is 375. The number of methoxy groups -OCH3 is 1. The van der Waals surface area contributed by atoms with Gasteiger partial charge in [-0.15, -0.1) is 11.3 Å². The van der Waals surface area contributed by atoms with Gasteiger partial charge in [0.1, 0.15) is 5.01 Å². The Labute approximate surface area is 114 Å². The minimum absolute atomic E-state index is 0.0907. The van der Waals surface area contributed by atoms with E-state index in [1.54, 1.807) is 0 Å². The van der Waals surface area contributed by atoms with Gasteiger partial charge in [0.2, 0.25) is 0 Å². The van der Waals surface area contributed by atoms with E-state index in [1.165, 1.54) is 15.6 Å². The van der Waals surface area contributed by atoms with Gasteiger partial charge in [-0.1, -0.05) is 6.92 Å². The van der Waals surface area contributed by atoms with E-state index in [0.29, 0.717) is 6.10 Å². The Kier molecular flexibility index (Phi) is 4.41. The van der Waals surface area contributed by atoms with Crippen LogP contribution in [0.2, 0.25) is 0 Å². The van der Waals surface area contributed by atoms with Crippen LogP contribution in [0.1, 0.15) is 48.2 Å². The lowest BCUT2D eigenvalue weighted by atomic mass is 9.80. The van der Waals surface area contributed by atoms with Gasteiger partial charge in [-0.2, -0.15) is 0 Å². The van der Waals surface area contributed by atoms with E-state index in [-0.39, 0.29) is 5.54 Å². The predicted molar refractivity (Wildman–Crippen MR) is 76.2 cm³/mol. The van der Waals surface area contributed by atoms with Crippen LogP contribution >= 0.6 is 11.3 Å². The molecule has 0 spiro atoms. The molecule has 3 nitrogen and oxygen atoms in total. The van der Waals surface area contributed by atoms with E-state index < -0.39 is 0 Å². The van der Waals surface area contributed by atoms with Crippen molar-refractivity contribution in [3.63, 3.8) is 0 Å². The second-order valence-electron chi connectivity index (χ2n) is 5.21. The molecule has 0 aliphatic heterocycles. The lowest BCUT2D eigenvalue weighted by Crippen LogP contribution is -2.46. The summed E-state index contributed by atoms with van der Waals surface area (Å²) >= 11 is 1.85. The molecule has 18 heavy (non-hydrogen) atoms. The first-order valence-corrected chi connectivity index (χ1v) is 7.65. The van der Waals surface area contributed by atoms with Crippen LogP contribution in [0.15, 0.2) is 0 Å². The second-order valence-corrected chi connectivity index (χ2v) is 6.41. The zero-order valence-electron chi connectivity index (χ0n) is 11.9. The number of hydrogen-bond acceptors (Lipinski definition) is 4. The van der Waals surface area contributed by atoms with Gasteiger partial charge in [-0.3, -0.25) is 0 Å². The summed E-state index contributed by atoms with van der Waals surface area (Å²) in [6.45, 7) is 7.44. The van der Waals surface area contributed by atoms with Crippen molar-refractivity contribution in [3.8, 4) is 0 Å². The highest BCUT2D eigenvalue weighted by Crippen LogP contribution is 2.40. The number of nitrogens with one attached hydrogen (secondary N) is 1. The van der Waals surface area contributed by atoms with Crippen LogP contribution in [0.3, 0.4) is 0 Å². The first-order chi connectivity index (χ1) is 8.61. The molecule has 0 saturated heterocycles. The van der Waals surface area contributed by atoms with Gasteiger partial charge in [0, 0.05) is 12.0 Å². The molecule has 1 fully saturated rings.